The summed E-state index contributed by atoms with van der Waals surface area (Å²) >= 11 is 0. The maximum atomic E-state index is 5.67. The summed E-state index contributed by atoms with van der Waals surface area (Å²) in [5, 5.41) is 0. The van der Waals surface area contributed by atoms with Crippen molar-refractivity contribution in [3.8, 4) is 0 Å². The Kier molecular flexibility index (Phi) is 4.09. The van der Waals surface area contributed by atoms with Crippen LogP contribution >= 0.6 is 0 Å². The highest BCUT2D eigenvalue weighted by molar-refractivity contribution is 4.62. The van der Waals surface area contributed by atoms with E-state index in [1.54, 1.807) is 0 Å². The van der Waals surface area contributed by atoms with Crippen LogP contribution in [0.1, 0.15) is 41.5 Å². The Morgan fingerprint density at radius 3 is 1.82 bits per heavy atom. The van der Waals surface area contributed by atoms with Crippen LogP contribution in [0, 0.1) is 11.3 Å². The quantitative estimate of drug-likeness (QED) is 0.613. The van der Waals surface area contributed by atoms with Gasteiger partial charge in [0.15, 0.2) is 0 Å². The van der Waals surface area contributed by atoms with Crippen molar-refractivity contribution >= 4 is 0 Å². The maximum absolute atomic E-state index is 5.67. The van der Waals surface area contributed by atoms with Gasteiger partial charge in [-0.05, 0) is 18.3 Å². The first-order valence-electron chi connectivity index (χ1n) is 4.44. The van der Waals surface area contributed by atoms with Crippen molar-refractivity contribution in [2.45, 2.75) is 47.6 Å². The minimum absolute atomic E-state index is 0.295. The molecule has 0 heterocycles. The van der Waals surface area contributed by atoms with Crippen molar-refractivity contribution in [2.24, 2.45) is 11.3 Å². The SMILES string of the molecule is CC(C)[C@@H](C)OCC(C)(C)C. The van der Waals surface area contributed by atoms with Crippen LogP contribution in [0.2, 0.25) is 0 Å². The zero-order valence-corrected chi connectivity index (χ0v) is 8.77. The van der Waals surface area contributed by atoms with Crippen molar-refractivity contribution in [3.63, 3.8) is 0 Å². The smallest absolute Gasteiger partial charge is 0.0570 e. The van der Waals surface area contributed by atoms with Gasteiger partial charge in [0.2, 0.25) is 0 Å². The predicted molar refractivity (Wildman–Crippen MR) is 49.7 cm³/mol. The van der Waals surface area contributed by atoms with Crippen LogP contribution in [0.15, 0.2) is 0 Å². The van der Waals surface area contributed by atoms with Crippen LogP contribution in [0.5, 0.6) is 0 Å². The van der Waals surface area contributed by atoms with Gasteiger partial charge in [0, 0.05) is 0 Å². The fourth-order valence-electron chi connectivity index (χ4n) is 0.574. The van der Waals surface area contributed by atoms with Crippen molar-refractivity contribution in [3.05, 3.63) is 0 Å². The summed E-state index contributed by atoms with van der Waals surface area (Å²) in [6.07, 6.45) is 0.384. The molecule has 0 saturated heterocycles. The summed E-state index contributed by atoms with van der Waals surface area (Å²) in [5.41, 5.74) is 0.295. The minimum atomic E-state index is 0.295. The molecule has 0 radical (unpaired) electrons. The van der Waals surface area contributed by atoms with Gasteiger partial charge in [-0.1, -0.05) is 34.6 Å². The third-order valence-corrected chi connectivity index (χ3v) is 1.72. The molecule has 0 saturated carbocycles. The second kappa shape index (κ2) is 4.10. The number of hydrogen-bond donors (Lipinski definition) is 0. The van der Waals surface area contributed by atoms with Crippen LogP contribution < -0.4 is 0 Å². The van der Waals surface area contributed by atoms with E-state index in [-0.39, 0.29) is 0 Å². The summed E-state index contributed by atoms with van der Waals surface area (Å²) in [5.74, 6) is 0.623. The second-order valence-electron chi connectivity index (χ2n) is 4.82. The van der Waals surface area contributed by atoms with Gasteiger partial charge in [0.25, 0.3) is 0 Å². The summed E-state index contributed by atoms with van der Waals surface area (Å²) in [4.78, 5) is 0. The van der Waals surface area contributed by atoms with E-state index in [1.165, 1.54) is 0 Å². The van der Waals surface area contributed by atoms with Crippen LogP contribution in [-0.4, -0.2) is 12.7 Å². The highest BCUT2D eigenvalue weighted by Crippen LogP contribution is 2.16. The monoisotopic (exact) mass is 158 g/mol. The van der Waals surface area contributed by atoms with E-state index in [1.807, 2.05) is 0 Å². The van der Waals surface area contributed by atoms with Gasteiger partial charge in [-0.15, -0.1) is 0 Å². The van der Waals surface area contributed by atoms with Crippen molar-refractivity contribution in [2.75, 3.05) is 6.61 Å². The molecule has 0 aliphatic heterocycles. The van der Waals surface area contributed by atoms with E-state index >= 15 is 0 Å². The Morgan fingerprint density at radius 2 is 1.55 bits per heavy atom. The van der Waals surface area contributed by atoms with Gasteiger partial charge in [-0.2, -0.15) is 0 Å². The van der Waals surface area contributed by atoms with Crippen molar-refractivity contribution in [1.29, 1.82) is 0 Å². The Labute approximate surface area is 71.1 Å². The molecule has 0 N–H and O–H groups in total. The molecule has 1 atom stereocenters. The Hall–Kier alpha value is -0.0400. The second-order valence-corrected chi connectivity index (χ2v) is 4.82. The van der Waals surface area contributed by atoms with Crippen molar-refractivity contribution < 1.29 is 4.74 Å². The lowest BCUT2D eigenvalue weighted by molar-refractivity contribution is -0.00455. The molecule has 0 aromatic rings. The van der Waals surface area contributed by atoms with Gasteiger partial charge in [-0.25, -0.2) is 0 Å². The van der Waals surface area contributed by atoms with Gasteiger partial charge in [0.1, 0.15) is 0 Å². The minimum Gasteiger partial charge on any atom is -0.378 e. The third-order valence-electron chi connectivity index (χ3n) is 1.72. The molecule has 0 amide bonds. The largest absolute Gasteiger partial charge is 0.378 e. The summed E-state index contributed by atoms with van der Waals surface area (Å²) in [6, 6.07) is 0. The van der Waals surface area contributed by atoms with E-state index < -0.39 is 0 Å². The topological polar surface area (TPSA) is 9.23 Å². The fraction of sp³-hybridized carbons (Fsp3) is 1.00. The van der Waals surface area contributed by atoms with Gasteiger partial charge < -0.3 is 4.74 Å². The standard InChI is InChI=1S/C10H22O/c1-8(2)9(3)11-7-10(4,5)6/h8-9H,7H2,1-6H3/t9-/m1/s1. The average molecular weight is 158 g/mol. The maximum Gasteiger partial charge on any atom is 0.0570 e. The van der Waals surface area contributed by atoms with Crippen LogP contribution in [0.25, 0.3) is 0 Å². The molecule has 11 heavy (non-hydrogen) atoms. The number of hydrogen-bond acceptors (Lipinski definition) is 1. The van der Waals surface area contributed by atoms with Crippen LogP contribution in [-0.2, 0) is 4.74 Å². The molecule has 0 aromatic heterocycles. The third kappa shape index (κ3) is 6.36. The summed E-state index contributed by atoms with van der Waals surface area (Å²) in [6.45, 7) is 13.9. The Morgan fingerprint density at radius 1 is 1.09 bits per heavy atom. The molecule has 0 spiro atoms. The van der Waals surface area contributed by atoms with E-state index in [0.717, 1.165) is 6.61 Å². The zero-order chi connectivity index (χ0) is 9.07. The van der Waals surface area contributed by atoms with E-state index in [9.17, 15) is 0 Å². The number of ether oxygens (including phenoxy) is 1. The zero-order valence-electron chi connectivity index (χ0n) is 8.77. The lowest BCUT2D eigenvalue weighted by Gasteiger charge is -2.23. The summed E-state index contributed by atoms with van der Waals surface area (Å²) in [7, 11) is 0. The molecule has 68 valence electrons. The average Bonchev–Trinajstić information content (AvgIpc) is 1.80. The summed E-state index contributed by atoms with van der Waals surface area (Å²) < 4.78 is 5.67. The van der Waals surface area contributed by atoms with Crippen molar-refractivity contribution in [1.82, 2.24) is 0 Å². The predicted octanol–water partition coefficient (Wildman–Crippen LogP) is 3.09. The molecule has 0 unspecified atom stereocenters. The molecule has 0 aliphatic rings. The van der Waals surface area contributed by atoms with E-state index in [4.69, 9.17) is 4.74 Å². The lowest BCUT2D eigenvalue weighted by atomic mass is 9.98. The first kappa shape index (κ1) is 11.0. The normalized spacial score (nSPS) is 15.5. The molecule has 0 bridgehead atoms. The molecular weight excluding hydrogens is 136 g/mol. The Balaban J connectivity index is 3.54. The molecule has 0 rings (SSSR count). The lowest BCUT2D eigenvalue weighted by Crippen LogP contribution is -2.23. The highest BCUT2D eigenvalue weighted by Gasteiger charge is 2.14. The van der Waals surface area contributed by atoms with E-state index in [0.29, 0.717) is 17.4 Å². The fourth-order valence-corrected chi connectivity index (χ4v) is 0.574. The van der Waals surface area contributed by atoms with Gasteiger partial charge >= 0.3 is 0 Å². The molecule has 1 heteroatoms. The van der Waals surface area contributed by atoms with Crippen LogP contribution in [0.3, 0.4) is 0 Å². The highest BCUT2D eigenvalue weighted by atomic mass is 16.5. The van der Waals surface area contributed by atoms with Crippen LogP contribution in [0.4, 0.5) is 0 Å². The van der Waals surface area contributed by atoms with Gasteiger partial charge in [-0.3, -0.25) is 0 Å². The molecule has 0 aromatic carbocycles. The Bertz CT molecular complexity index is 99.9. The number of rotatable bonds is 3. The first-order valence-corrected chi connectivity index (χ1v) is 4.44. The van der Waals surface area contributed by atoms with E-state index in [2.05, 4.69) is 41.5 Å². The molecule has 1 nitrogen and oxygen atoms in total. The molecular formula is C10H22O. The molecule has 0 aliphatic carbocycles. The first-order chi connectivity index (χ1) is 4.83. The molecule has 0 fully saturated rings. The van der Waals surface area contributed by atoms with Gasteiger partial charge in [0.05, 0.1) is 12.7 Å².